The third-order valence-electron chi connectivity index (χ3n) is 2.32. The molecule has 0 atom stereocenters. The van der Waals surface area contributed by atoms with Crippen molar-refractivity contribution in [3.05, 3.63) is 5.69 Å². The first kappa shape index (κ1) is 12.0. The smallest absolute Gasteiger partial charge is 0.169 e. The molecule has 0 saturated heterocycles. The first-order chi connectivity index (χ1) is 7.16. The molecule has 15 heavy (non-hydrogen) atoms. The number of anilines is 1. The van der Waals surface area contributed by atoms with E-state index in [1.807, 2.05) is 4.68 Å². The van der Waals surface area contributed by atoms with E-state index in [1.165, 1.54) is 0 Å². The molecule has 0 fully saturated rings. The first-order valence-corrected chi connectivity index (χ1v) is 5.34. The molecule has 0 saturated carbocycles. The summed E-state index contributed by atoms with van der Waals surface area (Å²) in [6.07, 6.45) is 2.07. The van der Waals surface area contributed by atoms with Gasteiger partial charge in [-0.2, -0.15) is 0 Å². The van der Waals surface area contributed by atoms with Crippen molar-refractivity contribution in [2.24, 2.45) is 0 Å². The lowest BCUT2D eigenvalue weighted by atomic mass is 10.1. The zero-order valence-electron chi connectivity index (χ0n) is 9.73. The summed E-state index contributed by atoms with van der Waals surface area (Å²) in [6.45, 7) is 5.85. The first-order valence-electron chi connectivity index (χ1n) is 5.34. The molecule has 0 bridgehead atoms. The summed E-state index contributed by atoms with van der Waals surface area (Å²) in [6, 6.07) is 0. The Morgan fingerprint density at radius 1 is 1.40 bits per heavy atom. The van der Waals surface area contributed by atoms with E-state index in [-0.39, 0.29) is 0 Å². The minimum Gasteiger partial charge on any atom is -0.385 e. The van der Waals surface area contributed by atoms with E-state index in [9.17, 15) is 0 Å². The average Bonchev–Trinajstić information content (AvgIpc) is 2.54. The minimum atomic E-state index is 0.363. The van der Waals surface area contributed by atoms with Gasteiger partial charge in [0.05, 0.1) is 5.69 Å². The van der Waals surface area contributed by atoms with E-state index in [2.05, 4.69) is 24.2 Å². The topological polar surface area (TPSA) is 66.0 Å². The van der Waals surface area contributed by atoms with Crippen LogP contribution in [0.1, 0.15) is 38.3 Å². The predicted molar refractivity (Wildman–Crippen MR) is 59.6 cm³/mol. The van der Waals surface area contributed by atoms with Gasteiger partial charge in [0.2, 0.25) is 0 Å². The number of aromatic nitrogens is 3. The van der Waals surface area contributed by atoms with Gasteiger partial charge in [-0.05, 0) is 18.8 Å². The Kier molecular flexibility index (Phi) is 4.55. The van der Waals surface area contributed by atoms with Crippen molar-refractivity contribution in [3.8, 4) is 0 Å². The second-order valence-corrected chi connectivity index (χ2v) is 3.94. The molecule has 1 aromatic rings. The number of hydrogen-bond acceptors (Lipinski definition) is 4. The molecule has 1 aromatic heterocycles. The molecule has 5 heteroatoms. The lowest BCUT2D eigenvalue weighted by Gasteiger charge is -2.09. The summed E-state index contributed by atoms with van der Waals surface area (Å²) in [7, 11) is 1.72. The van der Waals surface area contributed by atoms with Crippen LogP contribution in [0.25, 0.3) is 0 Å². The fourth-order valence-corrected chi connectivity index (χ4v) is 1.60. The molecule has 0 aliphatic rings. The molecule has 5 nitrogen and oxygen atoms in total. The molecule has 0 aliphatic carbocycles. The van der Waals surface area contributed by atoms with E-state index >= 15 is 0 Å². The Hall–Kier alpha value is -1.10. The van der Waals surface area contributed by atoms with E-state index in [1.54, 1.807) is 7.11 Å². The standard InChI is InChI=1S/C10H20N4O/c1-8(2)9-10(11)12-13-14(9)6-4-5-7-15-3/h8H,4-7,11H2,1-3H3. The van der Waals surface area contributed by atoms with E-state index in [4.69, 9.17) is 10.5 Å². The van der Waals surface area contributed by atoms with Crippen molar-refractivity contribution in [2.75, 3.05) is 19.5 Å². The highest BCUT2D eigenvalue weighted by Gasteiger charge is 2.12. The van der Waals surface area contributed by atoms with E-state index in [0.717, 1.165) is 31.7 Å². The average molecular weight is 212 g/mol. The third kappa shape index (κ3) is 3.20. The molecule has 0 aliphatic heterocycles. The monoisotopic (exact) mass is 212 g/mol. The quantitative estimate of drug-likeness (QED) is 0.724. The van der Waals surface area contributed by atoms with Crippen LogP contribution in [-0.2, 0) is 11.3 Å². The normalized spacial score (nSPS) is 11.2. The van der Waals surface area contributed by atoms with Gasteiger partial charge in [0.1, 0.15) is 0 Å². The summed E-state index contributed by atoms with van der Waals surface area (Å²) >= 11 is 0. The van der Waals surface area contributed by atoms with Crippen LogP contribution in [0, 0.1) is 0 Å². The second-order valence-electron chi connectivity index (χ2n) is 3.94. The zero-order chi connectivity index (χ0) is 11.3. The lowest BCUT2D eigenvalue weighted by molar-refractivity contribution is 0.190. The van der Waals surface area contributed by atoms with Crippen molar-refractivity contribution in [1.29, 1.82) is 0 Å². The summed E-state index contributed by atoms with van der Waals surface area (Å²) in [4.78, 5) is 0. The van der Waals surface area contributed by atoms with E-state index in [0.29, 0.717) is 11.7 Å². The van der Waals surface area contributed by atoms with Gasteiger partial charge in [0.25, 0.3) is 0 Å². The maximum absolute atomic E-state index is 5.75. The van der Waals surface area contributed by atoms with Crippen LogP contribution in [0.4, 0.5) is 5.82 Å². The molecule has 1 heterocycles. The minimum absolute atomic E-state index is 0.363. The molecule has 0 spiro atoms. The highest BCUT2D eigenvalue weighted by molar-refractivity contribution is 5.34. The summed E-state index contributed by atoms with van der Waals surface area (Å²) in [5.74, 6) is 0.916. The molecule has 1 rings (SSSR count). The van der Waals surface area contributed by atoms with Crippen molar-refractivity contribution < 1.29 is 4.74 Å². The van der Waals surface area contributed by atoms with Gasteiger partial charge in [0.15, 0.2) is 5.82 Å². The molecule has 86 valence electrons. The van der Waals surface area contributed by atoms with Crippen molar-refractivity contribution >= 4 is 5.82 Å². The third-order valence-corrected chi connectivity index (χ3v) is 2.32. The van der Waals surface area contributed by atoms with Crippen LogP contribution in [0.3, 0.4) is 0 Å². The number of hydrogen-bond donors (Lipinski definition) is 1. The number of rotatable bonds is 6. The maximum Gasteiger partial charge on any atom is 0.169 e. The largest absolute Gasteiger partial charge is 0.385 e. The fourth-order valence-electron chi connectivity index (χ4n) is 1.60. The number of aryl methyl sites for hydroxylation is 1. The number of nitrogens with zero attached hydrogens (tertiary/aromatic N) is 3. The molecular weight excluding hydrogens is 192 g/mol. The molecule has 0 amide bonds. The summed E-state index contributed by atoms with van der Waals surface area (Å²) in [5.41, 5.74) is 6.79. The number of nitrogens with two attached hydrogens (primary N) is 1. The number of unbranched alkanes of at least 4 members (excludes halogenated alkanes) is 1. The summed E-state index contributed by atoms with van der Waals surface area (Å²) in [5, 5.41) is 7.93. The van der Waals surface area contributed by atoms with Gasteiger partial charge < -0.3 is 10.5 Å². The number of nitrogen functional groups attached to an aromatic ring is 1. The SMILES string of the molecule is COCCCCn1nnc(N)c1C(C)C. The van der Waals surface area contributed by atoms with Gasteiger partial charge in [-0.15, -0.1) is 5.10 Å². The van der Waals surface area contributed by atoms with Gasteiger partial charge in [0, 0.05) is 20.3 Å². The van der Waals surface area contributed by atoms with Gasteiger partial charge >= 0.3 is 0 Å². The Morgan fingerprint density at radius 2 is 2.13 bits per heavy atom. The molecule has 0 radical (unpaired) electrons. The van der Waals surface area contributed by atoms with Crippen molar-refractivity contribution in [3.63, 3.8) is 0 Å². The van der Waals surface area contributed by atoms with E-state index < -0.39 is 0 Å². The van der Waals surface area contributed by atoms with Crippen LogP contribution in [-0.4, -0.2) is 28.7 Å². The predicted octanol–water partition coefficient (Wildman–Crippen LogP) is 1.41. The van der Waals surface area contributed by atoms with Gasteiger partial charge in [-0.3, -0.25) is 0 Å². The van der Waals surface area contributed by atoms with Gasteiger partial charge in [-0.25, -0.2) is 4.68 Å². The maximum atomic E-state index is 5.75. The number of ether oxygens (including phenoxy) is 1. The molecule has 2 N–H and O–H groups in total. The molecular formula is C10H20N4O. The Morgan fingerprint density at radius 3 is 2.73 bits per heavy atom. The van der Waals surface area contributed by atoms with Gasteiger partial charge in [-0.1, -0.05) is 19.1 Å². The van der Waals surface area contributed by atoms with Crippen LogP contribution in [0.5, 0.6) is 0 Å². The zero-order valence-corrected chi connectivity index (χ0v) is 9.73. The summed E-state index contributed by atoms with van der Waals surface area (Å²) < 4.78 is 6.89. The highest BCUT2D eigenvalue weighted by Crippen LogP contribution is 2.19. The second kappa shape index (κ2) is 5.70. The van der Waals surface area contributed by atoms with Crippen LogP contribution in [0.15, 0.2) is 0 Å². The molecule has 0 unspecified atom stereocenters. The van der Waals surface area contributed by atoms with Crippen LogP contribution in [0.2, 0.25) is 0 Å². The Balaban J connectivity index is 2.53. The highest BCUT2D eigenvalue weighted by atomic mass is 16.5. The number of methoxy groups -OCH3 is 1. The van der Waals surface area contributed by atoms with Crippen LogP contribution < -0.4 is 5.73 Å². The fraction of sp³-hybridized carbons (Fsp3) is 0.800. The van der Waals surface area contributed by atoms with Crippen LogP contribution >= 0.6 is 0 Å². The Bertz CT molecular complexity index is 296. The Labute approximate surface area is 90.6 Å². The van der Waals surface area contributed by atoms with Crippen molar-refractivity contribution in [2.45, 2.75) is 39.2 Å². The lowest BCUT2D eigenvalue weighted by Crippen LogP contribution is -2.08. The molecule has 0 aromatic carbocycles. The van der Waals surface area contributed by atoms with Crippen molar-refractivity contribution in [1.82, 2.24) is 15.0 Å².